The third-order valence-electron chi connectivity index (χ3n) is 3.35. The SMILES string of the molecule is O=C(O)Cc1cccc2nc3ccccc3c(C(O)=S)c12. The Morgan fingerprint density at radius 2 is 1.76 bits per heavy atom. The Hall–Kier alpha value is -2.53. The number of carboxylic acid groups (broad SMARTS) is 1. The quantitative estimate of drug-likeness (QED) is 0.573. The molecule has 3 rings (SSSR count). The van der Waals surface area contributed by atoms with Crippen LogP contribution in [-0.4, -0.2) is 26.2 Å². The molecule has 0 saturated carbocycles. The van der Waals surface area contributed by atoms with Crippen LogP contribution >= 0.6 is 12.2 Å². The van der Waals surface area contributed by atoms with Crippen LogP contribution < -0.4 is 0 Å². The molecule has 21 heavy (non-hydrogen) atoms. The van der Waals surface area contributed by atoms with Crippen LogP contribution in [0.5, 0.6) is 0 Å². The highest BCUT2D eigenvalue weighted by molar-refractivity contribution is 7.80. The van der Waals surface area contributed by atoms with Crippen molar-refractivity contribution in [2.45, 2.75) is 6.42 Å². The minimum Gasteiger partial charge on any atom is -0.498 e. The average Bonchev–Trinajstić information content (AvgIpc) is 2.44. The minimum atomic E-state index is -0.939. The van der Waals surface area contributed by atoms with Gasteiger partial charge in [0, 0.05) is 16.3 Å². The maximum Gasteiger partial charge on any atom is 0.307 e. The van der Waals surface area contributed by atoms with Crippen LogP contribution in [0.25, 0.3) is 21.8 Å². The van der Waals surface area contributed by atoms with Gasteiger partial charge in [0.15, 0.2) is 5.05 Å². The van der Waals surface area contributed by atoms with E-state index in [1.807, 2.05) is 24.3 Å². The third kappa shape index (κ3) is 2.32. The average molecular weight is 297 g/mol. The molecule has 0 saturated heterocycles. The maximum atomic E-state index is 11.0. The summed E-state index contributed by atoms with van der Waals surface area (Å²) >= 11 is 4.97. The molecule has 3 aromatic rings. The Morgan fingerprint density at radius 3 is 2.48 bits per heavy atom. The molecule has 104 valence electrons. The van der Waals surface area contributed by atoms with Gasteiger partial charge in [-0.3, -0.25) is 4.79 Å². The number of benzene rings is 2. The van der Waals surface area contributed by atoms with Crippen molar-refractivity contribution in [2.24, 2.45) is 0 Å². The molecule has 0 fully saturated rings. The van der Waals surface area contributed by atoms with E-state index in [1.165, 1.54) is 0 Å². The summed E-state index contributed by atoms with van der Waals surface area (Å²) in [6.07, 6.45) is -0.146. The van der Waals surface area contributed by atoms with E-state index in [-0.39, 0.29) is 11.5 Å². The molecule has 1 heterocycles. The minimum absolute atomic E-state index is 0.146. The van der Waals surface area contributed by atoms with Crippen molar-refractivity contribution < 1.29 is 15.0 Å². The molecule has 1 aromatic heterocycles. The number of nitrogens with zero attached hydrogens (tertiary/aromatic N) is 1. The Bertz CT molecular complexity index is 889. The zero-order valence-corrected chi connectivity index (χ0v) is 11.7. The Kier molecular flexibility index (Phi) is 3.27. The van der Waals surface area contributed by atoms with Crippen LogP contribution in [-0.2, 0) is 11.2 Å². The number of carbonyl (C=O) groups is 1. The molecule has 2 N–H and O–H groups in total. The normalized spacial score (nSPS) is 10.9. The molecule has 0 aliphatic carbocycles. The van der Waals surface area contributed by atoms with E-state index < -0.39 is 5.97 Å². The van der Waals surface area contributed by atoms with Gasteiger partial charge in [-0.05, 0) is 29.9 Å². The number of hydrogen-bond acceptors (Lipinski definition) is 3. The monoisotopic (exact) mass is 297 g/mol. The number of fused-ring (bicyclic) bond motifs is 2. The predicted octanol–water partition coefficient (Wildman–Crippen LogP) is 3.25. The van der Waals surface area contributed by atoms with Crippen molar-refractivity contribution in [1.29, 1.82) is 0 Å². The van der Waals surface area contributed by atoms with Gasteiger partial charge in [-0.15, -0.1) is 0 Å². The van der Waals surface area contributed by atoms with E-state index in [0.717, 1.165) is 5.39 Å². The van der Waals surface area contributed by atoms with Crippen LogP contribution in [0.1, 0.15) is 11.1 Å². The topological polar surface area (TPSA) is 70.4 Å². The Labute approximate surface area is 125 Å². The molecular formula is C16H11NO3S. The number of thiocarbonyl (C=S) groups is 1. The lowest BCUT2D eigenvalue weighted by molar-refractivity contribution is -0.136. The van der Waals surface area contributed by atoms with Gasteiger partial charge in [0.1, 0.15) is 0 Å². The van der Waals surface area contributed by atoms with Crippen LogP contribution in [0.15, 0.2) is 42.5 Å². The molecule has 0 aliphatic heterocycles. The summed E-state index contributed by atoms with van der Waals surface area (Å²) < 4.78 is 0. The first kappa shape index (κ1) is 13.5. The van der Waals surface area contributed by atoms with Crippen molar-refractivity contribution in [3.63, 3.8) is 0 Å². The fourth-order valence-electron chi connectivity index (χ4n) is 2.55. The molecule has 0 radical (unpaired) electrons. The van der Waals surface area contributed by atoms with Gasteiger partial charge < -0.3 is 10.2 Å². The number of aromatic nitrogens is 1. The first-order chi connectivity index (χ1) is 10.1. The van der Waals surface area contributed by atoms with Gasteiger partial charge >= 0.3 is 5.97 Å². The van der Waals surface area contributed by atoms with Crippen LogP contribution in [0.4, 0.5) is 0 Å². The van der Waals surface area contributed by atoms with Gasteiger partial charge in [0.2, 0.25) is 0 Å². The second kappa shape index (κ2) is 5.10. The van der Waals surface area contributed by atoms with Crippen molar-refractivity contribution in [3.05, 3.63) is 53.6 Å². The lowest BCUT2D eigenvalue weighted by atomic mass is 9.97. The number of pyridine rings is 1. The Balaban J connectivity index is 2.50. The van der Waals surface area contributed by atoms with Crippen molar-refractivity contribution in [3.8, 4) is 0 Å². The highest BCUT2D eigenvalue weighted by atomic mass is 32.1. The van der Waals surface area contributed by atoms with E-state index in [2.05, 4.69) is 4.98 Å². The van der Waals surface area contributed by atoms with Crippen molar-refractivity contribution in [2.75, 3.05) is 0 Å². The van der Waals surface area contributed by atoms with Crippen molar-refractivity contribution in [1.82, 2.24) is 4.98 Å². The molecule has 0 unspecified atom stereocenters. The summed E-state index contributed by atoms with van der Waals surface area (Å²) in [5.41, 5.74) is 2.40. The second-order valence-corrected chi connectivity index (χ2v) is 5.08. The van der Waals surface area contributed by atoms with Crippen LogP contribution in [0.2, 0.25) is 0 Å². The van der Waals surface area contributed by atoms with E-state index in [4.69, 9.17) is 17.3 Å². The number of hydrogen-bond donors (Lipinski definition) is 2. The molecule has 2 aromatic carbocycles. The largest absolute Gasteiger partial charge is 0.498 e. The zero-order valence-electron chi connectivity index (χ0n) is 10.9. The smallest absolute Gasteiger partial charge is 0.307 e. The summed E-state index contributed by atoms with van der Waals surface area (Å²) in [7, 11) is 0. The molecule has 0 amide bonds. The molecule has 0 atom stereocenters. The van der Waals surface area contributed by atoms with Gasteiger partial charge in [-0.2, -0.15) is 0 Å². The summed E-state index contributed by atoms with van der Waals surface area (Å²) in [6, 6.07) is 12.6. The van der Waals surface area contributed by atoms with Crippen LogP contribution in [0, 0.1) is 0 Å². The molecule has 0 spiro atoms. The van der Waals surface area contributed by atoms with Crippen LogP contribution in [0.3, 0.4) is 0 Å². The van der Waals surface area contributed by atoms with E-state index in [0.29, 0.717) is 27.5 Å². The number of carboxylic acids is 1. The number of aliphatic carboxylic acids is 1. The molecule has 4 nitrogen and oxygen atoms in total. The number of aliphatic hydroxyl groups excluding tert-OH is 1. The highest BCUT2D eigenvalue weighted by Gasteiger charge is 2.16. The Morgan fingerprint density at radius 1 is 1.05 bits per heavy atom. The molecule has 5 heteroatoms. The fraction of sp³-hybridized carbons (Fsp3) is 0.0625. The molecular weight excluding hydrogens is 286 g/mol. The van der Waals surface area contributed by atoms with E-state index in [1.54, 1.807) is 18.2 Å². The standard InChI is InChI=1S/C16H11NO3S/c18-13(19)8-9-4-3-7-12-14(9)15(16(20)21)10-5-1-2-6-11(10)17-12/h1-7H,8H2,(H,18,19)(H,20,21). The van der Waals surface area contributed by atoms with Gasteiger partial charge in [-0.25, -0.2) is 4.98 Å². The van der Waals surface area contributed by atoms with Crippen molar-refractivity contribution >= 4 is 45.0 Å². The summed E-state index contributed by atoms with van der Waals surface area (Å²) in [5.74, 6) is -0.939. The number of rotatable bonds is 3. The number of para-hydroxylation sites is 1. The first-order valence-electron chi connectivity index (χ1n) is 6.33. The highest BCUT2D eigenvalue weighted by Crippen LogP contribution is 2.29. The lowest BCUT2D eigenvalue weighted by Crippen LogP contribution is -2.06. The molecule has 0 aliphatic rings. The summed E-state index contributed by atoms with van der Waals surface area (Å²) in [5, 5.41) is 20.1. The zero-order chi connectivity index (χ0) is 15.0. The first-order valence-corrected chi connectivity index (χ1v) is 6.74. The summed E-state index contributed by atoms with van der Waals surface area (Å²) in [6.45, 7) is 0. The summed E-state index contributed by atoms with van der Waals surface area (Å²) in [4.78, 5) is 15.6. The maximum absolute atomic E-state index is 11.0. The van der Waals surface area contributed by atoms with E-state index >= 15 is 0 Å². The molecule has 0 bridgehead atoms. The van der Waals surface area contributed by atoms with Gasteiger partial charge in [0.25, 0.3) is 0 Å². The van der Waals surface area contributed by atoms with Gasteiger partial charge in [-0.1, -0.05) is 30.3 Å². The predicted molar refractivity (Wildman–Crippen MR) is 84.9 cm³/mol. The fourth-order valence-corrected chi connectivity index (χ4v) is 2.76. The van der Waals surface area contributed by atoms with Gasteiger partial charge in [0.05, 0.1) is 17.5 Å². The number of aliphatic hydroxyl groups is 1. The van der Waals surface area contributed by atoms with E-state index in [9.17, 15) is 9.90 Å². The third-order valence-corrected chi connectivity index (χ3v) is 3.55. The lowest BCUT2D eigenvalue weighted by Gasteiger charge is -2.12. The second-order valence-electron chi connectivity index (χ2n) is 4.69.